The van der Waals surface area contributed by atoms with Gasteiger partial charge in [-0.1, -0.05) is 0 Å². The molecule has 0 aliphatic carbocycles. The van der Waals surface area contributed by atoms with Gasteiger partial charge in [0.05, 0.1) is 28.4 Å². The Morgan fingerprint density at radius 2 is 2.21 bits per heavy atom. The monoisotopic (exact) mass is 366 g/mol. The van der Waals surface area contributed by atoms with Gasteiger partial charge < -0.3 is 5.32 Å². The smallest absolute Gasteiger partial charge is 0.257 e. The van der Waals surface area contributed by atoms with Gasteiger partial charge in [0.1, 0.15) is 0 Å². The maximum absolute atomic E-state index is 12.2. The number of amides is 2. The molecule has 1 aromatic heterocycles. The lowest BCUT2D eigenvalue weighted by atomic mass is 10.2. The molecule has 0 atom stereocenters. The lowest BCUT2D eigenvalue weighted by Crippen LogP contribution is -2.42. The third-order valence-corrected chi connectivity index (χ3v) is 5.41. The third-order valence-electron chi connectivity index (χ3n) is 3.35. The van der Waals surface area contributed by atoms with Crippen LogP contribution < -0.4 is 15.6 Å². The molecule has 24 heavy (non-hydrogen) atoms. The topological polar surface area (TPSA) is 117 Å². The molecule has 2 heterocycles. The molecule has 1 aliphatic heterocycles. The number of hydrogen-bond acceptors (Lipinski definition) is 6. The van der Waals surface area contributed by atoms with Crippen LogP contribution in [0.15, 0.2) is 28.5 Å². The summed E-state index contributed by atoms with van der Waals surface area (Å²) in [4.78, 5) is 29.3. The number of carbonyl (C=O) groups is 2. The molecule has 3 N–H and O–H groups in total. The number of carbonyl (C=O) groups excluding carboxylic acids is 2. The normalized spacial score (nSPS) is 13.5. The van der Waals surface area contributed by atoms with Crippen LogP contribution in [0, 0.1) is 6.92 Å². The Labute approximate surface area is 142 Å². The van der Waals surface area contributed by atoms with E-state index in [1.165, 1.54) is 29.5 Å². The number of aryl methyl sites for hydroxylation is 1. The van der Waals surface area contributed by atoms with Gasteiger partial charge >= 0.3 is 0 Å². The van der Waals surface area contributed by atoms with E-state index in [0.717, 1.165) is 5.01 Å². The number of nitrogens with zero attached hydrogens (tertiary/aromatic N) is 1. The molecule has 0 saturated carbocycles. The van der Waals surface area contributed by atoms with E-state index in [1.54, 1.807) is 5.38 Å². The minimum absolute atomic E-state index is 0.0184. The fourth-order valence-corrected chi connectivity index (χ4v) is 3.78. The van der Waals surface area contributed by atoms with Crippen LogP contribution >= 0.6 is 11.3 Å². The summed E-state index contributed by atoms with van der Waals surface area (Å²) >= 11 is 1.42. The van der Waals surface area contributed by atoms with Gasteiger partial charge in [0.15, 0.2) is 0 Å². The molecular weight excluding hydrogens is 352 g/mol. The first-order chi connectivity index (χ1) is 11.3. The Bertz CT molecular complexity index is 921. The van der Waals surface area contributed by atoms with Crippen molar-refractivity contribution >= 4 is 38.9 Å². The van der Waals surface area contributed by atoms with Crippen LogP contribution in [0.4, 0.5) is 5.69 Å². The van der Waals surface area contributed by atoms with Crippen LogP contribution in [0.3, 0.4) is 0 Å². The van der Waals surface area contributed by atoms with Crippen molar-refractivity contribution in [1.29, 1.82) is 0 Å². The number of anilines is 1. The standard InChI is InChI=1S/C14H14N4O4S2/c1-8-15-10(7-23-8)6-14(20)17-18-24(21,22)11-2-3-12-9(4-11)5-13(19)16-12/h2-4,7,18H,5-6H2,1H3,(H,16,19)(H,17,20). The molecular formula is C14H14N4O4S2. The molecule has 1 aromatic carbocycles. The number of hydrazine groups is 1. The summed E-state index contributed by atoms with van der Waals surface area (Å²) in [5.41, 5.74) is 3.94. The van der Waals surface area contributed by atoms with Gasteiger partial charge in [0.2, 0.25) is 11.8 Å². The zero-order valence-electron chi connectivity index (χ0n) is 12.6. The number of rotatable bonds is 5. The van der Waals surface area contributed by atoms with E-state index in [4.69, 9.17) is 0 Å². The van der Waals surface area contributed by atoms with E-state index in [9.17, 15) is 18.0 Å². The number of hydrogen-bond donors (Lipinski definition) is 3. The zero-order valence-corrected chi connectivity index (χ0v) is 14.3. The summed E-state index contributed by atoms with van der Waals surface area (Å²) in [7, 11) is -3.92. The molecule has 0 radical (unpaired) electrons. The number of sulfonamides is 1. The Morgan fingerprint density at radius 3 is 2.92 bits per heavy atom. The van der Waals surface area contributed by atoms with Crippen molar-refractivity contribution in [3.05, 3.63) is 39.8 Å². The summed E-state index contributed by atoms with van der Waals surface area (Å²) in [6, 6.07) is 4.29. The van der Waals surface area contributed by atoms with Crippen LogP contribution in [0.5, 0.6) is 0 Å². The molecule has 3 rings (SSSR count). The lowest BCUT2D eigenvalue weighted by molar-refractivity contribution is -0.121. The van der Waals surface area contributed by atoms with Crippen molar-refractivity contribution in [3.8, 4) is 0 Å². The van der Waals surface area contributed by atoms with E-state index in [1.807, 2.05) is 11.8 Å². The predicted molar refractivity (Wildman–Crippen MR) is 87.8 cm³/mol. The van der Waals surface area contributed by atoms with Gasteiger partial charge in [0.25, 0.3) is 10.0 Å². The highest BCUT2D eigenvalue weighted by atomic mass is 32.2. The Morgan fingerprint density at radius 1 is 1.42 bits per heavy atom. The van der Waals surface area contributed by atoms with Crippen LogP contribution in [-0.2, 0) is 32.5 Å². The highest BCUT2D eigenvalue weighted by Crippen LogP contribution is 2.25. The van der Waals surface area contributed by atoms with Crippen LogP contribution in [0.2, 0.25) is 0 Å². The molecule has 0 spiro atoms. The number of benzene rings is 1. The minimum atomic E-state index is -3.92. The second kappa shape index (κ2) is 6.30. The predicted octanol–water partition coefficient (Wildman–Crippen LogP) is 0.498. The highest BCUT2D eigenvalue weighted by molar-refractivity contribution is 7.89. The molecule has 2 amide bonds. The second-order valence-electron chi connectivity index (χ2n) is 5.23. The maximum Gasteiger partial charge on any atom is 0.257 e. The number of fused-ring (bicyclic) bond motifs is 1. The first-order valence-electron chi connectivity index (χ1n) is 6.98. The molecule has 0 bridgehead atoms. The fraction of sp³-hybridized carbons (Fsp3) is 0.214. The zero-order chi connectivity index (χ0) is 17.3. The van der Waals surface area contributed by atoms with Gasteiger partial charge in [-0.25, -0.2) is 13.4 Å². The summed E-state index contributed by atoms with van der Waals surface area (Å²) < 4.78 is 24.5. The molecule has 126 valence electrons. The van der Waals surface area contributed by atoms with Crippen molar-refractivity contribution < 1.29 is 18.0 Å². The summed E-state index contributed by atoms with van der Waals surface area (Å²) in [6.45, 7) is 1.82. The number of aromatic nitrogens is 1. The molecule has 2 aromatic rings. The van der Waals surface area contributed by atoms with Gasteiger partial charge in [-0.05, 0) is 30.7 Å². The average molecular weight is 366 g/mol. The van der Waals surface area contributed by atoms with Crippen molar-refractivity contribution in [2.24, 2.45) is 0 Å². The maximum atomic E-state index is 12.2. The average Bonchev–Trinajstić information content (AvgIpc) is 3.09. The fourth-order valence-electron chi connectivity index (χ4n) is 2.25. The van der Waals surface area contributed by atoms with Crippen LogP contribution in [0.25, 0.3) is 0 Å². The van der Waals surface area contributed by atoms with Crippen LogP contribution in [-0.4, -0.2) is 25.2 Å². The molecule has 0 unspecified atom stereocenters. The van der Waals surface area contributed by atoms with Gasteiger partial charge in [-0.15, -0.1) is 16.2 Å². The van der Waals surface area contributed by atoms with Gasteiger partial charge in [-0.2, -0.15) is 0 Å². The molecule has 0 fully saturated rings. The van der Waals surface area contributed by atoms with Crippen molar-refractivity contribution in [1.82, 2.24) is 15.2 Å². The quantitative estimate of drug-likeness (QED) is 0.666. The lowest BCUT2D eigenvalue weighted by Gasteiger charge is -2.09. The van der Waals surface area contributed by atoms with Crippen molar-refractivity contribution in [2.45, 2.75) is 24.7 Å². The van der Waals surface area contributed by atoms with Crippen LogP contribution in [0.1, 0.15) is 16.3 Å². The van der Waals surface area contributed by atoms with E-state index in [0.29, 0.717) is 16.9 Å². The Hall–Kier alpha value is -2.30. The van der Waals surface area contributed by atoms with Gasteiger partial charge in [-0.3, -0.25) is 15.0 Å². The largest absolute Gasteiger partial charge is 0.326 e. The van der Waals surface area contributed by atoms with Crippen molar-refractivity contribution in [3.63, 3.8) is 0 Å². The minimum Gasteiger partial charge on any atom is -0.326 e. The first-order valence-corrected chi connectivity index (χ1v) is 9.34. The molecule has 8 nitrogen and oxygen atoms in total. The SMILES string of the molecule is Cc1nc(CC(=O)NNS(=O)(=O)c2ccc3c(c2)CC(=O)N3)cs1. The third kappa shape index (κ3) is 3.61. The summed E-state index contributed by atoms with van der Waals surface area (Å²) in [6.07, 6.45) is 0.115. The number of nitrogens with one attached hydrogen (secondary N) is 3. The second-order valence-corrected chi connectivity index (χ2v) is 7.98. The first kappa shape index (κ1) is 16.6. The van der Waals surface area contributed by atoms with E-state index in [2.05, 4.69) is 15.7 Å². The molecule has 0 saturated heterocycles. The summed E-state index contributed by atoms with van der Waals surface area (Å²) in [5, 5.41) is 5.20. The number of thiazole rings is 1. The Kier molecular flexibility index (Phi) is 4.35. The van der Waals surface area contributed by atoms with E-state index in [-0.39, 0.29) is 23.6 Å². The molecule has 10 heteroatoms. The van der Waals surface area contributed by atoms with E-state index < -0.39 is 15.9 Å². The Balaban J connectivity index is 1.65. The molecule has 1 aliphatic rings. The van der Waals surface area contributed by atoms with E-state index >= 15 is 0 Å². The van der Waals surface area contributed by atoms with Crippen molar-refractivity contribution in [2.75, 3.05) is 5.32 Å². The highest BCUT2D eigenvalue weighted by Gasteiger charge is 2.22. The van der Waals surface area contributed by atoms with Gasteiger partial charge in [0, 0.05) is 11.1 Å². The summed E-state index contributed by atoms with van der Waals surface area (Å²) in [5.74, 6) is -0.693.